The van der Waals surface area contributed by atoms with Crippen LogP contribution in [0.2, 0.25) is 0 Å². The lowest BCUT2D eigenvalue weighted by Crippen LogP contribution is -2.49. The minimum Gasteiger partial charge on any atom is -0.352 e. The highest BCUT2D eigenvalue weighted by Gasteiger charge is 2.43. The standard InChI is InChI=1S/C20H28N2O/c23-20(19-12-16-8-9-17(19)11-16)21-18-7-4-10-22(14-18)13-15-5-2-1-3-6-15/h1-3,5-6,16-19H,4,7-14H2,(H,21,23)/t16-,17-,18+,19-/m0/s1. The summed E-state index contributed by atoms with van der Waals surface area (Å²) in [4.78, 5) is 15.1. The van der Waals surface area contributed by atoms with Gasteiger partial charge in [0, 0.05) is 25.0 Å². The topological polar surface area (TPSA) is 32.3 Å². The highest BCUT2D eigenvalue weighted by molar-refractivity contribution is 5.79. The zero-order chi connectivity index (χ0) is 15.6. The molecule has 0 radical (unpaired) electrons. The number of hydrogen-bond donors (Lipinski definition) is 1. The molecule has 3 heteroatoms. The van der Waals surface area contributed by atoms with E-state index in [0.29, 0.717) is 23.8 Å². The summed E-state index contributed by atoms with van der Waals surface area (Å²) in [6.45, 7) is 3.15. The van der Waals surface area contributed by atoms with E-state index in [1.807, 2.05) is 0 Å². The van der Waals surface area contributed by atoms with E-state index in [2.05, 4.69) is 40.5 Å². The first-order valence-electron chi connectivity index (χ1n) is 9.34. The van der Waals surface area contributed by atoms with E-state index in [0.717, 1.165) is 38.4 Å². The Hall–Kier alpha value is -1.35. The molecule has 3 aliphatic rings. The molecular weight excluding hydrogens is 284 g/mol. The van der Waals surface area contributed by atoms with E-state index in [1.165, 1.54) is 31.2 Å². The van der Waals surface area contributed by atoms with Gasteiger partial charge in [-0.2, -0.15) is 0 Å². The Bertz CT molecular complexity index is 544. The number of fused-ring (bicyclic) bond motifs is 2. The van der Waals surface area contributed by atoms with Crippen LogP contribution in [0, 0.1) is 17.8 Å². The van der Waals surface area contributed by atoms with E-state index in [4.69, 9.17) is 0 Å². The molecule has 2 saturated carbocycles. The van der Waals surface area contributed by atoms with Crippen molar-refractivity contribution in [2.75, 3.05) is 13.1 Å². The van der Waals surface area contributed by atoms with Crippen LogP contribution in [0.1, 0.15) is 44.1 Å². The zero-order valence-corrected chi connectivity index (χ0v) is 13.9. The summed E-state index contributed by atoms with van der Waals surface area (Å²) in [5.74, 6) is 2.20. The Morgan fingerprint density at radius 3 is 2.74 bits per heavy atom. The second kappa shape index (κ2) is 6.64. The first kappa shape index (κ1) is 15.2. The van der Waals surface area contributed by atoms with Gasteiger partial charge in [-0.1, -0.05) is 36.8 Å². The summed E-state index contributed by atoms with van der Waals surface area (Å²) in [5, 5.41) is 3.38. The Balaban J connectivity index is 1.30. The second-order valence-corrected chi connectivity index (χ2v) is 7.85. The number of amides is 1. The molecule has 0 aromatic heterocycles. The quantitative estimate of drug-likeness (QED) is 0.926. The normalized spacial score (nSPS) is 33.7. The molecule has 0 unspecified atom stereocenters. The molecular formula is C20H28N2O. The average molecular weight is 312 g/mol. The highest BCUT2D eigenvalue weighted by atomic mass is 16.2. The third kappa shape index (κ3) is 3.45. The Kier molecular flexibility index (Phi) is 4.39. The van der Waals surface area contributed by atoms with Gasteiger partial charge in [0.1, 0.15) is 0 Å². The largest absolute Gasteiger partial charge is 0.352 e. The molecule has 2 bridgehead atoms. The molecule has 1 aromatic carbocycles. The number of rotatable bonds is 4. The lowest BCUT2D eigenvalue weighted by atomic mass is 9.88. The number of carbonyl (C=O) groups is 1. The van der Waals surface area contributed by atoms with Gasteiger partial charge in [-0.15, -0.1) is 0 Å². The van der Waals surface area contributed by atoms with Crippen molar-refractivity contribution in [3.05, 3.63) is 35.9 Å². The van der Waals surface area contributed by atoms with E-state index in [-0.39, 0.29) is 0 Å². The second-order valence-electron chi connectivity index (χ2n) is 7.85. The third-order valence-electron chi connectivity index (χ3n) is 6.18. The zero-order valence-electron chi connectivity index (χ0n) is 13.9. The van der Waals surface area contributed by atoms with Gasteiger partial charge in [0.25, 0.3) is 0 Å². The molecule has 1 heterocycles. The predicted octanol–water partition coefficient (Wildman–Crippen LogP) is 3.20. The van der Waals surface area contributed by atoms with Crippen LogP contribution >= 0.6 is 0 Å². The molecule has 4 rings (SSSR count). The van der Waals surface area contributed by atoms with Crippen LogP contribution in [-0.4, -0.2) is 29.9 Å². The molecule has 1 aromatic rings. The summed E-state index contributed by atoms with van der Waals surface area (Å²) in [7, 11) is 0. The molecule has 1 saturated heterocycles. The maximum absolute atomic E-state index is 12.6. The summed E-state index contributed by atoms with van der Waals surface area (Å²) in [6.07, 6.45) is 7.43. The van der Waals surface area contributed by atoms with Crippen molar-refractivity contribution in [2.45, 2.75) is 51.1 Å². The van der Waals surface area contributed by atoms with E-state index in [9.17, 15) is 4.79 Å². The Labute approximate surface area is 139 Å². The molecule has 1 amide bonds. The van der Waals surface area contributed by atoms with Crippen LogP contribution in [-0.2, 0) is 11.3 Å². The van der Waals surface area contributed by atoms with E-state index in [1.54, 1.807) is 0 Å². The van der Waals surface area contributed by atoms with Crippen molar-refractivity contribution in [3.8, 4) is 0 Å². The summed E-state index contributed by atoms with van der Waals surface area (Å²) in [5.41, 5.74) is 1.37. The van der Waals surface area contributed by atoms with Gasteiger partial charge >= 0.3 is 0 Å². The predicted molar refractivity (Wildman–Crippen MR) is 91.8 cm³/mol. The number of carbonyl (C=O) groups excluding carboxylic acids is 1. The van der Waals surface area contributed by atoms with Crippen LogP contribution in [0.15, 0.2) is 30.3 Å². The molecule has 0 spiro atoms. The minimum absolute atomic E-state index is 0.318. The van der Waals surface area contributed by atoms with Crippen molar-refractivity contribution >= 4 is 5.91 Å². The van der Waals surface area contributed by atoms with Gasteiger partial charge in [0.15, 0.2) is 0 Å². The lowest BCUT2D eigenvalue weighted by molar-refractivity contribution is -0.127. The number of piperidine rings is 1. The van der Waals surface area contributed by atoms with Gasteiger partial charge in [0.2, 0.25) is 5.91 Å². The van der Waals surface area contributed by atoms with Gasteiger partial charge in [-0.05, 0) is 56.0 Å². The van der Waals surface area contributed by atoms with E-state index < -0.39 is 0 Å². The molecule has 1 N–H and O–H groups in total. The van der Waals surface area contributed by atoms with Crippen molar-refractivity contribution in [3.63, 3.8) is 0 Å². The van der Waals surface area contributed by atoms with Crippen LogP contribution in [0.25, 0.3) is 0 Å². The molecule has 3 nitrogen and oxygen atoms in total. The van der Waals surface area contributed by atoms with Gasteiger partial charge < -0.3 is 5.32 Å². The van der Waals surface area contributed by atoms with Crippen molar-refractivity contribution in [2.24, 2.45) is 17.8 Å². The SMILES string of the molecule is O=C(N[C@@H]1CCCN(Cc2ccccc2)C1)[C@H]1C[C@H]2CC[C@H]1C2. The number of nitrogens with one attached hydrogen (secondary N) is 1. The number of likely N-dealkylation sites (tertiary alicyclic amines) is 1. The van der Waals surface area contributed by atoms with Gasteiger partial charge in [-0.25, -0.2) is 0 Å². The molecule has 2 aliphatic carbocycles. The van der Waals surface area contributed by atoms with Crippen LogP contribution in [0.4, 0.5) is 0 Å². The maximum atomic E-state index is 12.6. The maximum Gasteiger partial charge on any atom is 0.223 e. The highest BCUT2D eigenvalue weighted by Crippen LogP contribution is 2.48. The van der Waals surface area contributed by atoms with Crippen molar-refractivity contribution in [1.29, 1.82) is 0 Å². The smallest absolute Gasteiger partial charge is 0.223 e. The van der Waals surface area contributed by atoms with Crippen molar-refractivity contribution in [1.82, 2.24) is 10.2 Å². The molecule has 1 aliphatic heterocycles. The molecule has 4 atom stereocenters. The minimum atomic E-state index is 0.318. The Morgan fingerprint density at radius 1 is 1.13 bits per heavy atom. The Morgan fingerprint density at radius 2 is 2.00 bits per heavy atom. The average Bonchev–Trinajstić information content (AvgIpc) is 3.19. The molecule has 3 fully saturated rings. The fraction of sp³-hybridized carbons (Fsp3) is 0.650. The first-order chi connectivity index (χ1) is 11.3. The molecule has 124 valence electrons. The van der Waals surface area contributed by atoms with Gasteiger partial charge in [-0.3, -0.25) is 9.69 Å². The number of nitrogens with zero attached hydrogens (tertiary/aromatic N) is 1. The van der Waals surface area contributed by atoms with Crippen LogP contribution < -0.4 is 5.32 Å². The van der Waals surface area contributed by atoms with E-state index >= 15 is 0 Å². The first-order valence-corrected chi connectivity index (χ1v) is 9.34. The lowest BCUT2D eigenvalue weighted by Gasteiger charge is -2.34. The molecule has 23 heavy (non-hydrogen) atoms. The third-order valence-corrected chi connectivity index (χ3v) is 6.18. The summed E-state index contributed by atoms with van der Waals surface area (Å²) >= 11 is 0. The summed E-state index contributed by atoms with van der Waals surface area (Å²) in [6, 6.07) is 11.0. The summed E-state index contributed by atoms with van der Waals surface area (Å²) < 4.78 is 0. The number of benzene rings is 1. The van der Waals surface area contributed by atoms with Crippen molar-refractivity contribution < 1.29 is 4.79 Å². The monoisotopic (exact) mass is 312 g/mol. The van der Waals surface area contributed by atoms with Crippen LogP contribution in [0.3, 0.4) is 0 Å². The number of hydrogen-bond acceptors (Lipinski definition) is 2. The van der Waals surface area contributed by atoms with Gasteiger partial charge in [0.05, 0.1) is 0 Å². The van der Waals surface area contributed by atoms with Crippen LogP contribution in [0.5, 0.6) is 0 Å². The fourth-order valence-corrected chi connectivity index (χ4v) is 5.03. The fourth-order valence-electron chi connectivity index (χ4n) is 5.03.